The van der Waals surface area contributed by atoms with Crippen LogP contribution in [0.15, 0.2) is 17.5 Å². The highest BCUT2D eigenvalue weighted by Gasteiger charge is 2.30. The smallest absolute Gasteiger partial charge is 0.326 e. The summed E-state index contributed by atoms with van der Waals surface area (Å²) in [5.41, 5.74) is 16.8. The number of aliphatic imine (C=N–C) groups is 1. The van der Waals surface area contributed by atoms with Gasteiger partial charge in [0.05, 0.1) is 19.0 Å². The molecule has 0 unspecified atom stereocenters. The van der Waals surface area contributed by atoms with E-state index < -0.39 is 54.5 Å². The zero-order chi connectivity index (χ0) is 27.1. The maximum Gasteiger partial charge on any atom is 0.326 e. The lowest BCUT2D eigenvalue weighted by Gasteiger charge is -2.24. The monoisotopic (exact) mass is 529 g/mol. The second-order valence-corrected chi connectivity index (χ2v) is 8.81. The number of aliphatic carboxylic acids is 1. The van der Waals surface area contributed by atoms with Gasteiger partial charge < -0.3 is 48.3 Å². The number of guanidine groups is 1. The van der Waals surface area contributed by atoms with Gasteiger partial charge in [-0.3, -0.25) is 19.4 Å². The lowest BCUT2D eigenvalue weighted by atomic mass is 10.1. The predicted molar refractivity (Wildman–Crippen MR) is 134 cm³/mol. The van der Waals surface area contributed by atoms with Crippen molar-refractivity contribution in [1.82, 2.24) is 25.9 Å². The molecule has 3 amide bonds. The molecular weight excluding hydrogens is 494 g/mol. The number of carbonyl (C=O) groups is 4. The summed E-state index contributed by atoms with van der Waals surface area (Å²) in [6.07, 6.45) is 5.43. The van der Waals surface area contributed by atoms with E-state index in [1.807, 2.05) is 0 Å². The molecule has 0 radical (unpaired) electrons. The number of rotatable bonds is 17. The number of carboxylic acids is 1. The van der Waals surface area contributed by atoms with Crippen LogP contribution < -0.4 is 33.2 Å². The first kappa shape index (κ1) is 30.7. The van der Waals surface area contributed by atoms with Gasteiger partial charge in [-0.25, -0.2) is 9.78 Å². The minimum Gasteiger partial charge on any atom is -0.480 e. The second-order valence-electron chi connectivity index (χ2n) is 7.82. The van der Waals surface area contributed by atoms with Crippen LogP contribution in [0.1, 0.15) is 25.0 Å². The number of nitrogens with two attached hydrogens (primary N) is 3. The lowest BCUT2D eigenvalue weighted by Crippen LogP contribution is -2.58. The van der Waals surface area contributed by atoms with Crippen molar-refractivity contribution in [3.05, 3.63) is 18.2 Å². The van der Waals surface area contributed by atoms with Crippen LogP contribution in [0.2, 0.25) is 0 Å². The van der Waals surface area contributed by atoms with E-state index in [0.29, 0.717) is 17.9 Å². The topological polar surface area (TPSA) is 264 Å². The molecule has 202 valence electrons. The highest BCUT2D eigenvalue weighted by molar-refractivity contribution is 7.98. The SMILES string of the molecule is CSCC[C@H](NC(=O)[C@H](CO)NC(=O)[C@@H](N)CCCN=C(N)N)C(=O)N[C@@H](Cc1cnc[nH]1)C(=O)O. The van der Waals surface area contributed by atoms with Crippen LogP contribution in [0.5, 0.6) is 0 Å². The molecule has 1 heterocycles. The van der Waals surface area contributed by atoms with Crippen molar-refractivity contribution in [3.63, 3.8) is 0 Å². The Balaban J connectivity index is 2.76. The molecule has 0 aliphatic heterocycles. The van der Waals surface area contributed by atoms with Crippen LogP contribution in [0.25, 0.3) is 0 Å². The van der Waals surface area contributed by atoms with E-state index in [2.05, 4.69) is 30.9 Å². The minimum absolute atomic E-state index is 0.0410. The van der Waals surface area contributed by atoms with Crippen molar-refractivity contribution in [1.29, 1.82) is 0 Å². The van der Waals surface area contributed by atoms with Gasteiger partial charge in [0.25, 0.3) is 0 Å². The maximum atomic E-state index is 12.8. The molecule has 0 saturated carbocycles. The van der Waals surface area contributed by atoms with Crippen molar-refractivity contribution < 1.29 is 29.4 Å². The number of amides is 3. The molecule has 0 saturated heterocycles. The molecule has 0 aromatic carbocycles. The zero-order valence-corrected chi connectivity index (χ0v) is 20.8. The van der Waals surface area contributed by atoms with Crippen LogP contribution in [-0.4, -0.2) is 99.2 Å². The number of imidazole rings is 1. The Kier molecular flexibility index (Phi) is 13.9. The van der Waals surface area contributed by atoms with Gasteiger partial charge in [0.15, 0.2) is 5.96 Å². The fourth-order valence-electron chi connectivity index (χ4n) is 2.99. The number of hydrogen-bond acceptors (Lipinski definition) is 9. The molecular formula is C20H35N9O6S. The Morgan fingerprint density at radius 1 is 1.08 bits per heavy atom. The number of aromatic amines is 1. The van der Waals surface area contributed by atoms with Crippen molar-refractivity contribution in [3.8, 4) is 0 Å². The summed E-state index contributed by atoms with van der Waals surface area (Å²) >= 11 is 1.42. The van der Waals surface area contributed by atoms with E-state index >= 15 is 0 Å². The normalized spacial score (nSPS) is 14.1. The number of carboxylic acid groups (broad SMARTS) is 1. The molecule has 0 aliphatic carbocycles. The summed E-state index contributed by atoms with van der Waals surface area (Å²) < 4.78 is 0. The van der Waals surface area contributed by atoms with Crippen LogP contribution in [0.3, 0.4) is 0 Å². The number of nitrogens with zero attached hydrogens (tertiary/aromatic N) is 2. The number of hydrogen-bond donors (Lipinski definition) is 9. The molecule has 15 nitrogen and oxygen atoms in total. The van der Waals surface area contributed by atoms with Crippen molar-refractivity contribution >= 4 is 41.4 Å². The number of thioether (sulfide) groups is 1. The van der Waals surface area contributed by atoms with Crippen molar-refractivity contribution in [2.24, 2.45) is 22.2 Å². The summed E-state index contributed by atoms with van der Waals surface area (Å²) in [7, 11) is 0. The van der Waals surface area contributed by atoms with Gasteiger partial charge in [-0.1, -0.05) is 0 Å². The number of H-pyrrole nitrogens is 1. The van der Waals surface area contributed by atoms with Crippen LogP contribution >= 0.6 is 11.8 Å². The van der Waals surface area contributed by atoms with E-state index in [0.717, 1.165) is 0 Å². The number of aliphatic hydroxyl groups excluding tert-OH is 1. The van der Waals surface area contributed by atoms with Crippen LogP contribution in [0.4, 0.5) is 0 Å². The van der Waals surface area contributed by atoms with E-state index in [9.17, 15) is 29.4 Å². The van der Waals surface area contributed by atoms with Crippen molar-refractivity contribution in [2.75, 3.05) is 25.2 Å². The summed E-state index contributed by atoms with van der Waals surface area (Å²) in [5, 5.41) is 26.4. The van der Waals surface area contributed by atoms with Gasteiger partial charge in [0.2, 0.25) is 17.7 Å². The molecule has 1 rings (SSSR count). The molecule has 4 atom stereocenters. The van der Waals surface area contributed by atoms with Gasteiger partial charge >= 0.3 is 5.97 Å². The first-order chi connectivity index (χ1) is 17.1. The molecule has 0 aliphatic rings. The third kappa shape index (κ3) is 11.4. The Bertz CT molecular complexity index is 879. The average molecular weight is 530 g/mol. The number of nitrogens with one attached hydrogen (secondary N) is 4. The van der Waals surface area contributed by atoms with Crippen LogP contribution in [-0.2, 0) is 25.6 Å². The van der Waals surface area contributed by atoms with E-state index in [4.69, 9.17) is 17.2 Å². The van der Waals surface area contributed by atoms with E-state index in [1.165, 1.54) is 24.3 Å². The standard InChI is InChI=1S/C20H35N9O6S/c1-36-6-4-13(17(32)28-14(19(34)35)7-11-8-24-10-26-11)27-18(33)15(9-30)29-16(31)12(21)3-2-5-25-20(22)23/h8,10,12-15,30H,2-7,9,21H2,1H3,(H,24,26)(H,27,33)(H,28,32)(H,29,31)(H,34,35)(H4,22,23,25)/t12-,13-,14-,15-/m0/s1. The van der Waals surface area contributed by atoms with E-state index in [1.54, 1.807) is 6.26 Å². The lowest BCUT2D eigenvalue weighted by molar-refractivity contribution is -0.142. The average Bonchev–Trinajstić information content (AvgIpc) is 3.34. The summed E-state index contributed by atoms with van der Waals surface area (Å²) in [5.74, 6) is -3.08. The van der Waals surface area contributed by atoms with E-state index in [-0.39, 0.29) is 31.8 Å². The fourth-order valence-corrected chi connectivity index (χ4v) is 3.46. The Labute approximate surface area is 212 Å². The first-order valence-electron chi connectivity index (χ1n) is 11.1. The quantitative estimate of drug-likeness (QED) is 0.0545. The molecule has 1 aromatic heterocycles. The third-order valence-corrected chi connectivity index (χ3v) is 5.60. The van der Waals surface area contributed by atoms with Gasteiger partial charge in [-0.2, -0.15) is 11.8 Å². The number of aromatic nitrogens is 2. The zero-order valence-electron chi connectivity index (χ0n) is 20.0. The second kappa shape index (κ2) is 16.3. The largest absolute Gasteiger partial charge is 0.480 e. The molecule has 1 aromatic rings. The summed E-state index contributed by atoms with van der Waals surface area (Å²) in [4.78, 5) is 59.9. The molecule has 12 N–H and O–H groups in total. The first-order valence-corrected chi connectivity index (χ1v) is 12.5. The van der Waals surface area contributed by atoms with Gasteiger partial charge in [0, 0.05) is 24.9 Å². The van der Waals surface area contributed by atoms with Gasteiger partial charge in [-0.15, -0.1) is 0 Å². The van der Waals surface area contributed by atoms with Gasteiger partial charge in [0.1, 0.15) is 18.1 Å². The minimum atomic E-state index is -1.37. The highest BCUT2D eigenvalue weighted by Crippen LogP contribution is 2.05. The fraction of sp³-hybridized carbons (Fsp3) is 0.600. The molecule has 0 spiro atoms. The van der Waals surface area contributed by atoms with Gasteiger partial charge in [-0.05, 0) is 31.3 Å². The third-order valence-electron chi connectivity index (χ3n) is 4.96. The number of aliphatic hydroxyl groups is 1. The molecule has 0 bridgehead atoms. The Hall–Kier alpha value is -3.37. The highest BCUT2D eigenvalue weighted by atomic mass is 32.2. The summed E-state index contributed by atoms with van der Waals surface area (Å²) in [6, 6.07) is -4.72. The molecule has 36 heavy (non-hydrogen) atoms. The molecule has 0 fully saturated rings. The maximum absolute atomic E-state index is 12.8. The Morgan fingerprint density at radius 2 is 1.72 bits per heavy atom. The summed E-state index contributed by atoms with van der Waals surface area (Å²) in [6.45, 7) is -0.468. The van der Waals surface area contributed by atoms with Crippen molar-refractivity contribution in [2.45, 2.75) is 49.9 Å². The Morgan fingerprint density at radius 3 is 2.28 bits per heavy atom. The molecule has 16 heteroatoms. The van der Waals surface area contributed by atoms with Crippen LogP contribution in [0, 0.1) is 0 Å². The number of carbonyl (C=O) groups excluding carboxylic acids is 3. The predicted octanol–water partition coefficient (Wildman–Crippen LogP) is -3.38.